The largest absolute Gasteiger partial charge is 0.475 e. The molecule has 0 unspecified atom stereocenters. The van der Waals surface area contributed by atoms with Crippen molar-refractivity contribution in [3.05, 3.63) is 33.8 Å². The number of hydrogen-bond donors (Lipinski definition) is 2. The summed E-state index contributed by atoms with van der Waals surface area (Å²) in [4.78, 5) is 4.18. The fourth-order valence-electron chi connectivity index (χ4n) is 1.50. The van der Waals surface area contributed by atoms with Crippen LogP contribution in [0.4, 0.5) is 0 Å². The highest BCUT2D eigenvalue weighted by molar-refractivity contribution is 6.36. The number of aliphatic hydroxyl groups is 2. The summed E-state index contributed by atoms with van der Waals surface area (Å²) in [5.74, 6) is 0.315. The predicted octanol–water partition coefficient (Wildman–Crippen LogP) is 1.49. The number of ether oxygens (including phenoxy) is 1. The van der Waals surface area contributed by atoms with E-state index in [2.05, 4.69) is 4.99 Å². The third-order valence-corrected chi connectivity index (χ3v) is 3.11. The van der Waals surface area contributed by atoms with Crippen LogP contribution in [0.25, 0.3) is 0 Å². The van der Waals surface area contributed by atoms with Crippen LogP contribution in [0.3, 0.4) is 0 Å². The molecular weight excluding hydrogens is 265 g/mol. The first-order valence-corrected chi connectivity index (χ1v) is 5.76. The molecule has 0 spiro atoms. The number of benzene rings is 1. The van der Waals surface area contributed by atoms with Crippen LogP contribution in [-0.2, 0) is 4.74 Å². The maximum Gasteiger partial charge on any atom is 0.218 e. The van der Waals surface area contributed by atoms with Gasteiger partial charge in [0.1, 0.15) is 12.1 Å². The summed E-state index contributed by atoms with van der Waals surface area (Å²) in [5.41, 5.74) is -0.377. The molecule has 1 aliphatic rings. The Morgan fingerprint density at radius 2 is 2.00 bits per heavy atom. The van der Waals surface area contributed by atoms with Crippen LogP contribution in [0.5, 0.6) is 0 Å². The van der Waals surface area contributed by atoms with E-state index in [1.54, 1.807) is 18.2 Å². The van der Waals surface area contributed by atoms with E-state index < -0.39 is 5.54 Å². The summed E-state index contributed by atoms with van der Waals surface area (Å²) in [7, 11) is 0. The molecule has 6 heteroatoms. The number of rotatable bonds is 3. The molecule has 0 atom stereocenters. The van der Waals surface area contributed by atoms with Crippen LogP contribution >= 0.6 is 23.2 Å². The lowest BCUT2D eigenvalue weighted by Gasteiger charge is -2.16. The standard InChI is InChI=1S/C11H11Cl2NO3/c12-7-1-2-8(9(13)3-7)10-14-11(4-15,5-16)6-17-10/h1-3,15-16H,4-6H2. The van der Waals surface area contributed by atoms with Crippen LogP contribution in [0, 0.1) is 0 Å². The Labute approximate surface area is 108 Å². The number of aliphatic imine (C=N–C) groups is 1. The summed E-state index contributed by atoms with van der Waals surface area (Å²) in [6.07, 6.45) is 0. The van der Waals surface area contributed by atoms with E-state index in [4.69, 9.17) is 27.9 Å². The normalized spacial score (nSPS) is 17.8. The highest BCUT2D eigenvalue weighted by Gasteiger charge is 2.36. The molecule has 1 aromatic carbocycles. The maximum atomic E-state index is 9.19. The van der Waals surface area contributed by atoms with Gasteiger partial charge < -0.3 is 14.9 Å². The fraction of sp³-hybridized carbons (Fsp3) is 0.364. The Hall–Kier alpha value is -0.810. The zero-order chi connectivity index (χ0) is 12.5. The Balaban J connectivity index is 2.36. The monoisotopic (exact) mass is 275 g/mol. The molecule has 2 N–H and O–H groups in total. The first kappa shape index (κ1) is 12.6. The average Bonchev–Trinajstić information content (AvgIpc) is 2.74. The highest BCUT2D eigenvalue weighted by atomic mass is 35.5. The Morgan fingerprint density at radius 1 is 1.29 bits per heavy atom. The van der Waals surface area contributed by atoms with Gasteiger partial charge in [-0.1, -0.05) is 23.2 Å². The van der Waals surface area contributed by atoms with Crippen LogP contribution in [-0.4, -0.2) is 41.5 Å². The first-order chi connectivity index (χ1) is 8.10. The van der Waals surface area contributed by atoms with Gasteiger partial charge in [-0.3, -0.25) is 0 Å². The second-order valence-electron chi connectivity index (χ2n) is 3.87. The van der Waals surface area contributed by atoms with Crippen molar-refractivity contribution in [3.8, 4) is 0 Å². The van der Waals surface area contributed by atoms with E-state index in [1.165, 1.54) is 0 Å². The van der Waals surface area contributed by atoms with Crippen molar-refractivity contribution in [1.82, 2.24) is 0 Å². The number of aliphatic hydroxyl groups excluding tert-OH is 2. The summed E-state index contributed by atoms with van der Waals surface area (Å²) in [6, 6.07) is 4.95. The molecule has 1 heterocycles. The molecule has 0 saturated heterocycles. The van der Waals surface area contributed by atoms with Gasteiger partial charge in [0, 0.05) is 5.02 Å². The van der Waals surface area contributed by atoms with Gasteiger partial charge in [-0.25, -0.2) is 4.99 Å². The quantitative estimate of drug-likeness (QED) is 0.879. The lowest BCUT2D eigenvalue weighted by atomic mass is 10.1. The molecule has 0 aromatic heterocycles. The van der Waals surface area contributed by atoms with Gasteiger partial charge in [-0.05, 0) is 18.2 Å². The van der Waals surface area contributed by atoms with Crippen LogP contribution in [0.15, 0.2) is 23.2 Å². The molecule has 0 amide bonds. The Bertz CT molecular complexity index is 458. The van der Waals surface area contributed by atoms with Crippen molar-refractivity contribution in [2.24, 2.45) is 4.99 Å². The SMILES string of the molecule is OCC1(CO)COC(c2ccc(Cl)cc2Cl)=N1. The fourth-order valence-corrected chi connectivity index (χ4v) is 1.98. The maximum absolute atomic E-state index is 9.19. The third kappa shape index (κ3) is 2.40. The van der Waals surface area contributed by atoms with E-state index >= 15 is 0 Å². The molecule has 4 nitrogen and oxygen atoms in total. The molecule has 0 aliphatic carbocycles. The van der Waals surface area contributed by atoms with Crippen LogP contribution < -0.4 is 0 Å². The third-order valence-electron chi connectivity index (χ3n) is 2.57. The molecular formula is C11H11Cl2NO3. The number of halogens is 2. The van der Waals surface area contributed by atoms with Gasteiger partial charge in [-0.15, -0.1) is 0 Å². The Morgan fingerprint density at radius 3 is 2.53 bits per heavy atom. The van der Waals surface area contributed by atoms with E-state index in [0.29, 0.717) is 21.5 Å². The van der Waals surface area contributed by atoms with Gasteiger partial charge >= 0.3 is 0 Å². The summed E-state index contributed by atoms with van der Waals surface area (Å²) in [5, 5.41) is 19.3. The molecule has 0 radical (unpaired) electrons. The predicted molar refractivity (Wildman–Crippen MR) is 65.9 cm³/mol. The van der Waals surface area contributed by atoms with Crippen molar-refractivity contribution in [3.63, 3.8) is 0 Å². The molecule has 1 aliphatic heterocycles. The van der Waals surface area contributed by atoms with Gasteiger partial charge in [0.05, 0.1) is 23.8 Å². The van der Waals surface area contributed by atoms with Crippen LogP contribution in [0.2, 0.25) is 10.0 Å². The minimum Gasteiger partial charge on any atom is -0.475 e. The minimum absolute atomic E-state index is 0.133. The second-order valence-corrected chi connectivity index (χ2v) is 4.71. The van der Waals surface area contributed by atoms with Gasteiger partial charge in [0.2, 0.25) is 5.90 Å². The minimum atomic E-state index is -0.974. The van der Waals surface area contributed by atoms with Crippen LogP contribution in [0.1, 0.15) is 5.56 Å². The van der Waals surface area contributed by atoms with Crippen molar-refractivity contribution in [1.29, 1.82) is 0 Å². The van der Waals surface area contributed by atoms with Crippen molar-refractivity contribution in [2.75, 3.05) is 19.8 Å². The van der Waals surface area contributed by atoms with Gasteiger partial charge in [0.15, 0.2) is 0 Å². The molecule has 1 aromatic rings. The molecule has 2 rings (SSSR count). The first-order valence-electron chi connectivity index (χ1n) is 5.00. The Kier molecular flexibility index (Phi) is 3.58. The van der Waals surface area contributed by atoms with Gasteiger partial charge in [-0.2, -0.15) is 0 Å². The lowest BCUT2D eigenvalue weighted by molar-refractivity contribution is 0.0977. The second kappa shape index (κ2) is 4.82. The number of nitrogens with zero attached hydrogens (tertiary/aromatic N) is 1. The van der Waals surface area contributed by atoms with E-state index in [0.717, 1.165) is 0 Å². The molecule has 0 saturated carbocycles. The van der Waals surface area contributed by atoms with Crippen molar-refractivity contribution >= 4 is 29.1 Å². The summed E-state index contributed by atoms with van der Waals surface area (Å²) < 4.78 is 5.36. The van der Waals surface area contributed by atoms with E-state index in [1.807, 2.05) is 0 Å². The molecule has 17 heavy (non-hydrogen) atoms. The molecule has 92 valence electrons. The van der Waals surface area contributed by atoms with Gasteiger partial charge in [0.25, 0.3) is 0 Å². The number of hydrogen-bond acceptors (Lipinski definition) is 4. The molecule has 0 bridgehead atoms. The van der Waals surface area contributed by atoms with E-state index in [9.17, 15) is 10.2 Å². The van der Waals surface area contributed by atoms with E-state index in [-0.39, 0.29) is 19.8 Å². The zero-order valence-corrected chi connectivity index (χ0v) is 10.4. The summed E-state index contributed by atoms with van der Waals surface area (Å²) in [6.45, 7) is -0.426. The lowest BCUT2D eigenvalue weighted by Crippen LogP contribution is -2.37. The highest BCUT2D eigenvalue weighted by Crippen LogP contribution is 2.27. The van der Waals surface area contributed by atoms with Crippen molar-refractivity contribution < 1.29 is 14.9 Å². The molecule has 0 fully saturated rings. The zero-order valence-electron chi connectivity index (χ0n) is 8.86. The van der Waals surface area contributed by atoms with Crippen molar-refractivity contribution in [2.45, 2.75) is 5.54 Å². The topological polar surface area (TPSA) is 62.0 Å². The average molecular weight is 276 g/mol. The summed E-state index contributed by atoms with van der Waals surface area (Å²) >= 11 is 11.8. The smallest absolute Gasteiger partial charge is 0.218 e.